The smallest absolute Gasteiger partial charge is 0.475 e. The van der Waals surface area contributed by atoms with E-state index in [4.69, 9.17) is 23.9 Å². The molecule has 3 rings (SSSR count). The average Bonchev–Trinajstić information content (AvgIpc) is 3.13. The zero-order valence-corrected chi connectivity index (χ0v) is 14.0. The molecule has 10 heteroatoms. The van der Waals surface area contributed by atoms with Crippen LogP contribution in [0.2, 0.25) is 0 Å². The Balaban J connectivity index is 0.000000277. The molecule has 2 aliphatic rings. The first kappa shape index (κ1) is 19.7. The summed E-state index contributed by atoms with van der Waals surface area (Å²) in [6.07, 6.45) is -2.39. The number of nitrogens with zero attached hydrogens (tertiary/aromatic N) is 2. The second-order valence-corrected chi connectivity index (χ2v) is 5.96. The summed E-state index contributed by atoms with van der Waals surface area (Å²) >= 11 is 0. The van der Waals surface area contributed by atoms with E-state index in [1.165, 1.54) is 0 Å². The fourth-order valence-electron chi connectivity index (χ4n) is 3.14. The number of aromatic nitrogens is 1. The summed E-state index contributed by atoms with van der Waals surface area (Å²) in [6, 6.07) is 2.47. The van der Waals surface area contributed by atoms with E-state index in [1.54, 1.807) is 7.11 Å². The third-order valence-electron chi connectivity index (χ3n) is 4.24. The van der Waals surface area contributed by atoms with Crippen molar-refractivity contribution in [1.29, 1.82) is 0 Å². The van der Waals surface area contributed by atoms with Crippen LogP contribution in [0.1, 0.15) is 24.3 Å². The molecule has 7 nitrogen and oxygen atoms in total. The molecule has 2 fully saturated rings. The molecule has 1 saturated carbocycles. The van der Waals surface area contributed by atoms with Crippen LogP contribution in [0.5, 0.6) is 0 Å². The first-order valence-electron chi connectivity index (χ1n) is 7.83. The number of halogens is 3. The van der Waals surface area contributed by atoms with Crippen LogP contribution >= 0.6 is 0 Å². The number of methoxy groups -OCH3 is 1. The van der Waals surface area contributed by atoms with Crippen molar-refractivity contribution >= 4 is 5.97 Å². The van der Waals surface area contributed by atoms with Crippen molar-refractivity contribution in [1.82, 2.24) is 10.1 Å². The fraction of sp³-hybridized carbons (Fsp3) is 0.733. The molecule has 3 atom stereocenters. The van der Waals surface area contributed by atoms with Gasteiger partial charge in [0.05, 0.1) is 24.5 Å². The van der Waals surface area contributed by atoms with Gasteiger partial charge >= 0.3 is 12.1 Å². The van der Waals surface area contributed by atoms with Gasteiger partial charge in [-0.3, -0.25) is 4.90 Å². The second kappa shape index (κ2) is 8.15. The zero-order valence-electron chi connectivity index (χ0n) is 14.0. The maximum atomic E-state index is 10.6. The standard InChI is InChI=1S/C13H20N2O3.C2HF3O2/c1-9-7-10(14-18-9)8-15-5-6-17-13-11(15)3-4-12(13)16-2;3-2(4,5)1(6)7/h7,11-13H,3-6,8H2,1-2H3;(H,6,7)/t11-,12+,13+;/m0./s1. The number of fused-ring (bicyclic) bond motifs is 1. The largest absolute Gasteiger partial charge is 0.490 e. The van der Waals surface area contributed by atoms with Gasteiger partial charge in [0, 0.05) is 32.3 Å². The molecule has 1 aliphatic carbocycles. The van der Waals surface area contributed by atoms with Crippen LogP contribution in [-0.2, 0) is 20.8 Å². The normalized spacial score (nSPS) is 26.7. The zero-order chi connectivity index (χ0) is 18.6. The monoisotopic (exact) mass is 366 g/mol. The van der Waals surface area contributed by atoms with Gasteiger partial charge in [-0.25, -0.2) is 4.79 Å². The Kier molecular flexibility index (Phi) is 6.42. The van der Waals surface area contributed by atoms with E-state index >= 15 is 0 Å². The molecule has 1 aromatic heterocycles. The van der Waals surface area contributed by atoms with Gasteiger partial charge in [-0.15, -0.1) is 0 Å². The van der Waals surface area contributed by atoms with Crippen LogP contribution in [0, 0.1) is 6.92 Å². The van der Waals surface area contributed by atoms with E-state index in [9.17, 15) is 13.2 Å². The number of carbonyl (C=O) groups is 1. The number of morpholine rings is 1. The molecule has 1 saturated heterocycles. The van der Waals surface area contributed by atoms with Gasteiger partial charge in [-0.1, -0.05) is 5.16 Å². The van der Waals surface area contributed by atoms with Gasteiger partial charge in [-0.05, 0) is 19.8 Å². The second-order valence-electron chi connectivity index (χ2n) is 5.96. The minimum atomic E-state index is -5.08. The fourth-order valence-corrected chi connectivity index (χ4v) is 3.14. The summed E-state index contributed by atoms with van der Waals surface area (Å²) < 4.78 is 48.2. The van der Waals surface area contributed by atoms with Gasteiger partial charge in [0.15, 0.2) is 0 Å². The SMILES string of the molecule is CO[C@@H]1CC[C@H]2[C@H]1OCCN2Cc1cc(C)on1.O=C(O)C(F)(F)F. The molecule has 1 aromatic rings. The molecule has 0 aromatic carbocycles. The molecule has 25 heavy (non-hydrogen) atoms. The number of aliphatic carboxylic acids is 1. The number of carboxylic acid groups (broad SMARTS) is 1. The number of hydrogen-bond acceptors (Lipinski definition) is 6. The molecule has 0 spiro atoms. The van der Waals surface area contributed by atoms with Crippen LogP contribution in [0.25, 0.3) is 0 Å². The number of carboxylic acids is 1. The Morgan fingerprint density at radius 3 is 2.68 bits per heavy atom. The average molecular weight is 366 g/mol. The summed E-state index contributed by atoms with van der Waals surface area (Å²) in [6.45, 7) is 4.51. The van der Waals surface area contributed by atoms with E-state index in [0.29, 0.717) is 6.04 Å². The molecular weight excluding hydrogens is 345 g/mol. The van der Waals surface area contributed by atoms with Crippen molar-refractivity contribution in [3.63, 3.8) is 0 Å². The predicted octanol–water partition coefficient (Wildman–Crippen LogP) is 1.99. The van der Waals surface area contributed by atoms with E-state index in [-0.39, 0.29) is 12.2 Å². The van der Waals surface area contributed by atoms with Crippen LogP contribution in [0.3, 0.4) is 0 Å². The van der Waals surface area contributed by atoms with E-state index in [0.717, 1.165) is 44.0 Å². The highest BCUT2D eigenvalue weighted by molar-refractivity contribution is 5.73. The number of aryl methyl sites for hydroxylation is 1. The summed E-state index contributed by atoms with van der Waals surface area (Å²) in [5.41, 5.74) is 1.01. The summed E-state index contributed by atoms with van der Waals surface area (Å²) in [5, 5.41) is 11.2. The molecule has 0 amide bonds. The Hall–Kier alpha value is -1.65. The lowest BCUT2D eigenvalue weighted by molar-refractivity contribution is -0.192. The van der Waals surface area contributed by atoms with E-state index < -0.39 is 12.1 Å². The van der Waals surface area contributed by atoms with Crippen LogP contribution in [0.4, 0.5) is 13.2 Å². The van der Waals surface area contributed by atoms with Gasteiger partial charge in [0.2, 0.25) is 0 Å². The molecule has 142 valence electrons. The van der Waals surface area contributed by atoms with Crippen LogP contribution in [0.15, 0.2) is 10.6 Å². The highest BCUT2D eigenvalue weighted by Gasteiger charge is 2.43. The topological polar surface area (TPSA) is 85.0 Å². The first-order valence-corrected chi connectivity index (χ1v) is 7.83. The van der Waals surface area contributed by atoms with Gasteiger partial charge in [0.1, 0.15) is 5.76 Å². The summed E-state index contributed by atoms with van der Waals surface area (Å²) in [5.74, 6) is -1.89. The number of alkyl halides is 3. The van der Waals surface area contributed by atoms with Crippen molar-refractivity contribution in [2.75, 3.05) is 20.3 Å². The van der Waals surface area contributed by atoms with Crippen molar-refractivity contribution in [2.24, 2.45) is 0 Å². The lowest BCUT2D eigenvalue weighted by Gasteiger charge is -2.38. The highest BCUT2D eigenvalue weighted by Crippen LogP contribution is 2.32. The van der Waals surface area contributed by atoms with Gasteiger partial charge in [0.25, 0.3) is 0 Å². The summed E-state index contributed by atoms with van der Waals surface area (Å²) in [7, 11) is 1.77. The highest BCUT2D eigenvalue weighted by atomic mass is 19.4. The quantitative estimate of drug-likeness (QED) is 0.876. The Labute approximate surface area is 142 Å². The lowest BCUT2D eigenvalue weighted by Crippen LogP contribution is -2.51. The van der Waals surface area contributed by atoms with Crippen molar-refractivity contribution < 1.29 is 37.1 Å². The van der Waals surface area contributed by atoms with Crippen LogP contribution < -0.4 is 0 Å². The van der Waals surface area contributed by atoms with Crippen LogP contribution in [-0.4, -0.2) is 65.8 Å². The van der Waals surface area contributed by atoms with Gasteiger partial charge < -0.3 is 19.1 Å². The lowest BCUT2D eigenvalue weighted by atomic mass is 10.1. The van der Waals surface area contributed by atoms with E-state index in [1.807, 2.05) is 13.0 Å². The first-order chi connectivity index (χ1) is 11.7. The maximum Gasteiger partial charge on any atom is 0.490 e. The Morgan fingerprint density at radius 1 is 1.48 bits per heavy atom. The molecule has 0 radical (unpaired) electrons. The molecule has 0 unspecified atom stereocenters. The third-order valence-corrected chi connectivity index (χ3v) is 4.24. The third kappa shape index (κ3) is 5.16. The summed E-state index contributed by atoms with van der Waals surface area (Å²) in [4.78, 5) is 11.3. The molecule has 0 bridgehead atoms. The number of hydrogen-bond donors (Lipinski definition) is 1. The Morgan fingerprint density at radius 2 is 2.16 bits per heavy atom. The van der Waals surface area contributed by atoms with Crippen molar-refractivity contribution in [3.05, 3.63) is 17.5 Å². The molecule has 1 aliphatic heterocycles. The molecule has 1 N–H and O–H groups in total. The predicted molar refractivity (Wildman–Crippen MR) is 78.9 cm³/mol. The molecular formula is C15H21F3N2O5. The molecule has 2 heterocycles. The number of rotatable bonds is 3. The number of ether oxygens (including phenoxy) is 2. The van der Waals surface area contributed by atoms with E-state index in [2.05, 4.69) is 10.1 Å². The van der Waals surface area contributed by atoms with Crippen molar-refractivity contribution in [3.8, 4) is 0 Å². The maximum absolute atomic E-state index is 10.6. The Bertz CT molecular complexity index is 578. The minimum absolute atomic E-state index is 0.219. The minimum Gasteiger partial charge on any atom is -0.475 e. The van der Waals surface area contributed by atoms with Gasteiger partial charge in [-0.2, -0.15) is 13.2 Å². The van der Waals surface area contributed by atoms with Crippen molar-refractivity contribution in [2.45, 2.75) is 50.7 Å².